The van der Waals surface area contributed by atoms with Crippen molar-refractivity contribution in [1.29, 1.82) is 0 Å². The molecule has 0 heterocycles. The summed E-state index contributed by atoms with van der Waals surface area (Å²) in [5, 5.41) is 12.6. The Labute approximate surface area is 194 Å². The minimum atomic E-state index is -1.28. The van der Waals surface area contributed by atoms with Crippen LogP contribution in [0.3, 0.4) is 0 Å². The molecule has 0 fully saturated rings. The SMILES string of the molecule is CCC(C)(C)C(=O)C1C(C)(c2ccccc2)CC(c2ccccc2)=CC1(O)C(C)(C)CC. The molecule has 3 atom stereocenters. The number of hydrogen-bond donors (Lipinski definition) is 1. The van der Waals surface area contributed by atoms with E-state index in [2.05, 4.69) is 58.9 Å². The van der Waals surface area contributed by atoms with Crippen molar-refractivity contribution in [2.45, 2.75) is 78.7 Å². The molecule has 2 nitrogen and oxygen atoms in total. The Hall–Kier alpha value is -2.19. The number of allylic oxidation sites excluding steroid dienone is 1. The van der Waals surface area contributed by atoms with Crippen LogP contribution in [0.5, 0.6) is 0 Å². The molecular formula is C30H40O2. The molecule has 3 unspecified atom stereocenters. The highest BCUT2D eigenvalue weighted by Gasteiger charge is 2.61. The second kappa shape index (κ2) is 8.63. The maximum Gasteiger partial charge on any atom is 0.145 e. The van der Waals surface area contributed by atoms with Gasteiger partial charge < -0.3 is 5.11 Å². The molecule has 1 N–H and O–H groups in total. The van der Waals surface area contributed by atoms with Crippen molar-refractivity contribution in [3.8, 4) is 0 Å². The molecule has 0 radical (unpaired) electrons. The van der Waals surface area contributed by atoms with Gasteiger partial charge in [-0.05, 0) is 47.5 Å². The van der Waals surface area contributed by atoms with Crippen LogP contribution in [-0.4, -0.2) is 16.5 Å². The second-order valence-electron chi connectivity index (χ2n) is 11.1. The first-order valence-corrected chi connectivity index (χ1v) is 12.0. The summed E-state index contributed by atoms with van der Waals surface area (Å²) < 4.78 is 0. The summed E-state index contributed by atoms with van der Waals surface area (Å²) in [5.74, 6) is -0.395. The Morgan fingerprint density at radius 1 is 0.938 bits per heavy atom. The molecule has 172 valence electrons. The second-order valence-corrected chi connectivity index (χ2v) is 11.1. The van der Waals surface area contributed by atoms with E-state index < -0.39 is 27.8 Å². The van der Waals surface area contributed by atoms with Crippen LogP contribution >= 0.6 is 0 Å². The smallest absolute Gasteiger partial charge is 0.145 e. The molecule has 0 spiro atoms. The zero-order valence-corrected chi connectivity index (χ0v) is 20.9. The van der Waals surface area contributed by atoms with Crippen LogP contribution in [0.1, 0.15) is 78.9 Å². The van der Waals surface area contributed by atoms with E-state index in [9.17, 15) is 9.90 Å². The van der Waals surface area contributed by atoms with E-state index in [0.29, 0.717) is 6.42 Å². The maximum absolute atomic E-state index is 14.3. The van der Waals surface area contributed by atoms with E-state index in [1.165, 1.54) is 0 Å². The fraction of sp³-hybridized carbons (Fsp3) is 0.500. The van der Waals surface area contributed by atoms with Gasteiger partial charge in [-0.3, -0.25) is 4.79 Å². The maximum atomic E-state index is 14.3. The van der Waals surface area contributed by atoms with Gasteiger partial charge in [-0.15, -0.1) is 0 Å². The van der Waals surface area contributed by atoms with Crippen molar-refractivity contribution in [3.05, 3.63) is 77.9 Å². The minimum Gasteiger partial charge on any atom is -0.384 e. The molecule has 0 aliphatic heterocycles. The van der Waals surface area contributed by atoms with E-state index in [4.69, 9.17) is 0 Å². The van der Waals surface area contributed by atoms with Gasteiger partial charge in [0.25, 0.3) is 0 Å². The predicted octanol–water partition coefficient (Wildman–Crippen LogP) is 7.22. The normalized spacial score (nSPS) is 26.5. The first kappa shape index (κ1) is 24.5. The number of hydrogen-bond acceptors (Lipinski definition) is 2. The summed E-state index contributed by atoms with van der Waals surface area (Å²) in [6.45, 7) is 14.6. The minimum absolute atomic E-state index is 0.152. The van der Waals surface area contributed by atoms with Crippen molar-refractivity contribution in [2.75, 3.05) is 0 Å². The van der Waals surface area contributed by atoms with E-state index in [0.717, 1.165) is 29.5 Å². The number of rotatable bonds is 7. The Balaban J connectivity index is 2.37. The van der Waals surface area contributed by atoms with Crippen LogP contribution in [0.15, 0.2) is 66.7 Å². The van der Waals surface area contributed by atoms with Gasteiger partial charge in [0, 0.05) is 10.8 Å². The van der Waals surface area contributed by atoms with Crippen LogP contribution < -0.4 is 0 Å². The van der Waals surface area contributed by atoms with Gasteiger partial charge in [0.05, 0.1) is 11.5 Å². The Morgan fingerprint density at radius 3 is 1.97 bits per heavy atom. The molecule has 2 aromatic rings. The Kier molecular flexibility index (Phi) is 6.60. The number of ketones is 1. The summed E-state index contributed by atoms with van der Waals surface area (Å²) in [4.78, 5) is 14.3. The number of carbonyl (C=O) groups is 1. The first-order valence-electron chi connectivity index (χ1n) is 12.0. The van der Waals surface area contributed by atoms with Gasteiger partial charge in [0.15, 0.2) is 0 Å². The molecule has 2 aromatic carbocycles. The lowest BCUT2D eigenvalue weighted by Gasteiger charge is -2.56. The van der Waals surface area contributed by atoms with E-state index in [1.807, 2.05) is 56.3 Å². The quantitative estimate of drug-likeness (QED) is 0.501. The lowest BCUT2D eigenvalue weighted by Crippen LogP contribution is -2.62. The third-order valence-corrected chi connectivity index (χ3v) is 8.39. The molecular weight excluding hydrogens is 392 g/mol. The average Bonchev–Trinajstić information content (AvgIpc) is 2.79. The number of carbonyl (C=O) groups excluding carboxylic acids is 1. The Morgan fingerprint density at radius 2 is 1.47 bits per heavy atom. The van der Waals surface area contributed by atoms with E-state index in [1.54, 1.807) is 0 Å². The van der Waals surface area contributed by atoms with Gasteiger partial charge in [-0.1, -0.05) is 109 Å². The van der Waals surface area contributed by atoms with Gasteiger partial charge in [-0.25, -0.2) is 0 Å². The molecule has 1 aliphatic carbocycles. The molecule has 2 heteroatoms. The van der Waals surface area contributed by atoms with Crippen LogP contribution in [0.4, 0.5) is 0 Å². The first-order chi connectivity index (χ1) is 14.9. The largest absolute Gasteiger partial charge is 0.384 e. The summed E-state index contributed by atoms with van der Waals surface area (Å²) in [5.41, 5.74) is 0.521. The van der Waals surface area contributed by atoms with Crippen molar-refractivity contribution in [1.82, 2.24) is 0 Å². The van der Waals surface area contributed by atoms with Gasteiger partial charge in [0.2, 0.25) is 0 Å². The van der Waals surface area contributed by atoms with Crippen LogP contribution in [0, 0.1) is 16.7 Å². The van der Waals surface area contributed by atoms with Gasteiger partial charge in [-0.2, -0.15) is 0 Å². The highest BCUT2D eigenvalue weighted by Crippen LogP contribution is 2.57. The molecule has 1 aliphatic rings. The lowest BCUT2D eigenvalue weighted by atomic mass is 9.49. The molecule has 3 rings (SSSR count). The number of Topliss-reactive ketones (excluding diaryl/α,β-unsaturated/α-hetero) is 1. The van der Waals surface area contributed by atoms with Crippen LogP contribution in [-0.2, 0) is 10.2 Å². The van der Waals surface area contributed by atoms with Gasteiger partial charge >= 0.3 is 0 Å². The zero-order chi connectivity index (χ0) is 23.8. The van der Waals surface area contributed by atoms with E-state index >= 15 is 0 Å². The molecule has 0 aromatic heterocycles. The third kappa shape index (κ3) is 3.99. The Bertz CT molecular complexity index is 970. The topological polar surface area (TPSA) is 37.3 Å². The fourth-order valence-corrected chi connectivity index (χ4v) is 5.23. The van der Waals surface area contributed by atoms with Crippen molar-refractivity contribution >= 4 is 11.4 Å². The number of benzene rings is 2. The molecule has 0 amide bonds. The lowest BCUT2D eigenvalue weighted by molar-refractivity contribution is -0.155. The van der Waals surface area contributed by atoms with Crippen LogP contribution in [0.25, 0.3) is 5.57 Å². The molecule has 0 saturated heterocycles. The zero-order valence-electron chi connectivity index (χ0n) is 20.9. The predicted molar refractivity (Wildman–Crippen MR) is 134 cm³/mol. The summed E-state index contributed by atoms with van der Waals surface area (Å²) in [6, 6.07) is 20.6. The van der Waals surface area contributed by atoms with Crippen molar-refractivity contribution < 1.29 is 9.90 Å². The van der Waals surface area contributed by atoms with Crippen molar-refractivity contribution in [3.63, 3.8) is 0 Å². The average molecular weight is 433 g/mol. The standard InChI is InChI=1S/C30H40O2/c1-8-27(3,4)26(31)25-29(7,24-18-14-11-15-19-24)20-23(22-16-12-10-13-17-22)21-30(25,32)28(5,6)9-2/h10-19,21,25,32H,8-9,20H2,1-7H3. The summed E-state index contributed by atoms with van der Waals surface area (Å²) in [7, 11) is 0. The molecule has 0 bridgehead atoms. The number of aliphatic hydroxyl groups is 1. The summed E-state index contributed by atoms with van der Waals surface area (Å²) in [6.07, 6.45) is 4.25. The highest BCUT2D eigenvalue weighted by molar-refractivity contribution is 5.91. The highest BCUT2D eigenvalue weighted by atomic mass is 16.3. The fourth-order valence-electron chi connectivity index (χ4n) is 5.23. The van der Waals surface area contributed by atoms with Crippen LogP contribution in [0.2, 0.25) is 0 Å². The summed E-state index contributed by atoms with van der Waals surface area (Å²) >= 11 is 0. The van der Waals surface area contributed by atoms with E-state index in [-0.39, 0.29) is 5.78 Å². The van der Waals surface area contributed by atoms with Gasteiger partial charge in [0.1, 0.15) is 5.78 Å². The molecule has 0 saturated carbocycles. The monoisotopic (exact) mass is 432 g/mol. The van der Waals surface area contributed by atoms with Crippen molar-refractivity contribution in [2.24, 2.45) is 16.7 Å². The third-order valence-electron chi connectivity index (χ3n) is 8.39. The molecule has 32 heavy (non-hydrogen) atoms.